The first kappa shape index (κ1) is 15.3. The van der Waals surface area contributed by atoms with Crippen LogP contribution in [0.4, 0.5) is 5.69 Å². The highest BCUT2D eigenvalue weighted by molar-refractivity contribution is 6.33. The van der Waals surface area contributed by atoms with Crippen molar-refractivity contribution in [1.29, 1.82) is 0 Å². The molecule has 1 aromatic carbocycles. The fourth-order valence-electron chi connectivity index (χ4n) is 2.57. The first-order valence-electron chi connectivity index (χ1n) is 6.46. The molecule has 2 unspecified atom stereocenters. The number of hydrogen-bond donors (Lipinski definition) is 3. The highest BCUT2D eigenvalue weighted by Crippen LogP contribution is 2.33. The summed E-state index contributed by atoms with van der Waals surface area (Å²) in [7, 11) is 0. The monoisotopic (exact) mass is 311 g/mol. The molecule has 0 bridgehead atoms. The van der Waals surface area contributed by atoms with Gasteiger partial charge in [-0.2, -0.15) is 0 Å². The third-order valence-corrected chi connectivity index (χ3v) is 3.96. The summed E-state index contributed by atoms with van der Waals surface area (Å²) in [6.45, 7) is 0. The topological polar surface area (TPSA) is 104 Å². The maximum absolute atomic E-state index is 12.1. The lowest BCUT2D eigenvalue weighted by molar-refractivity contribution is -0.145. The molecule has 7 heteroatoms. The van der Waals surface area contributed by atoms with E-state index in [1.54, 1.807) is 0 Å². The Morgan fingerprint density at radius 3 is 2.43 bits per heavy atom. The summed E-state index contributed by atoms with van der Waals surface area (Å²) in [5.74, 6) is -3.85. The van der Waals surface area contributed by atoms with Gasteiger partial charge in [0.05, 0.1) is 22.4 Å². The van der Waals surface area contributed by atoms with Gasteiger partial charge < -0.3 is 15.5 Å². The van der Waals surface area contributed by atoms with E-state index in [4.69, 9.17) is 21.8 Å². The van der Waals surface area contributed by atoms with Crippen LogP contribution >= 0.6 is 11.6 Å². The number of carbonyl (C=O) groups excluding carboxylic acids is 1. The molecule has 0 saturated heterocycles. The van der Waals surface area contributed by atoms with E-state index in [1.807, 2.05) is 0 Å². The summed E-state index contributed by atoms with van der Waals surface area (Å²) in [5.41, 5.74) is 0.175. The summed E-state index contributed by atoms with van der Waals surface area (Å²) in [4.78, 5) is 34.2. The van der Waals surface area contributed by atoms with Gasteiger partial charge in [0.25, 0.3) is 0 Å². The van der Waals surface area contributed by atoms with Crippen LogP contribution in [0.25, 0.3) is 0 Å². The molecule has 6 nitrogen and oxygen atoms in total. The molecular weight excluding hydrogens is 298 g/mol. The van der Waals surface area contributed by atoms with Crippen LogP contribution in [0.1, 0.15) is 29.6 Å². The molecule has 2 rings (SSSR count). The van der Waals surface area contributed by atoms with Gasteiger partial charge in [-0.1, -0.05) is 18.0 Å². The Labute approximate surface area is 125 Å². The zero-order valence-corrected chi connectivity index (χ0v) is 11.8. The molecule has 21 heavy (non-hydrogen) atoms. The van der Waals surface area contributed by atoms with Crippen molar-refractivity contribution in [3.05, 3.63) is 28.8 Å². The van der Waals surface area contributed by atoms with Crippen LogP contribution in [0.15, 0.2) is 18.2 Å². The van der Waals surface area contributed by atoms with Gasteiger partial charge in [0.1, 0.15) is 0 Å². The Hall–Kier alpha value is -2.08. The number of rotatable bonds is 4. The number of aliphatic carboxylic acids is 1. The molecule has 112 valence electrons. The Kier molecular flexibility index (Phi) is 4.47. The standard InChI is InChI=1S/C14H14ClNO5/c15-11-5-4-7(6-10(11)14(20)21)16-12(17)8-2-1-3-9(8)13(18)19/h4-6,8-9H,1-3H2,(H,16,17)(H,18,19)(H,20,21). The summed E-state index contributed by atoms with van der Waals surface area (Å²) in [6.07, 6.45) is 1.69. The van der Waals surface area contributed by atoms with E-state index in [-0.39, 0.29) is 16.3 Å². The Morgan fingerprint density at radius 1 is 1.14 bits per heavy atom. The molecule has 3 N–H and O–H groups in total. The lowest BCUT2D eigenvalue weighted by atomic mass is 9.95. The Bertz CT molecular complexity index is 601. The minimum absolute atomic E-state index is 0.0739. The van der Waals surface area contributed by atoms with Crippen LogP contribution in [0.5, 0.6) is 0 Å². The molecule has 1 amide bonds. The Balaban J connectivity index is 2.14. The molecule has 1 aliphatic rings. The normalized spacial score (nSPS) is 21.0. The van der Waals surface area contributed by atoms with Crippen LogP contribution in [0.2, 0.25) is 5.02 Å². The largest absolute Gasteiger partial charge is 0.481 e. The number of halogens is 1. The maximum Gasteiger partial charge on any atom is 0.337 e. The Morgan fingerprint density at radius 2 is 1.81 bits per heavy atom. The first-order chi connectivity index (χ1) is 9.90. The van der Waals surface area contributed by atoms with Crippen LogP contribution in [0.3, 0.4) is 0 Å². The highest BCUT2D eigenvalue weighted by atomic mass is 35.5. The van der Waals surface area contributed by atoms with Crippen LogP contribution in [-0.2, 0) is 9.59 Å². The number of amides is 1. The molecule has 0 heterocycles. The van der Waals surface area contributed by atoms with E-state index >= 15 is 0 Å². The molecule has 0 aromatic heterocycles. The van der Waals surface area contributed by atoms with Crippen molar-refractivity contribution in [2.45, 2.75) is 19.3 Å². The average Bonchev–Trinajstić information content (AvgIpc) is 2.90. The van der Waals surface area contributed by atoms with Crippen molar-refractivity contribution in [2.24, 2.45) is 11.8 Å². The lowest BCUT2D eigenvalue weighted by Gasteiger charge is -2.16. The zero-order chi connectivity index (χ0) is 15.6. The minimum atomic E-state index is -1.19. The maximum atomic E-state index is 12.1. The van der Waals surface area contributed by atoms with Gasteiger partial charge in [0.15, 0.2) is 0 Å². The quantitative estimate of drug-likeness (QED) is 0.792. The number of carboxylic acids is 2. The molecular formula is C14H14ClNO5. The number of carboxylic acid groups (broad SMARTS) is 2. The van der Waals surface area contributed by atoms with Crippen molar-refractivity contribution in [2.75, 3.05) is 5.32 Å². The molecule has 1 fully saturated rings. The molecule has 2 atom stereocenters. The fourth-order valence-corrected chi connectivity index (χ4v) is 2.77. The summed E-state index contributed by atoms with van der Waals surface area (Å²) in [5, 5.41) is 20.7. The zero-order valence-electron chi connectivity index (χ0n) is 11.0. The molecule has 0 radical (unpaired) electrons. The summed E-state index contributed by atoms with van der Waals surface area (Å²) in [6, 6.07) is 4.12. The van der Waals surface area contributed by atoms with Crippen LogP contribution < -0.4 is 5.32 Å². The van der Waals surface area contributed by atoms with E-state index in [2.05, 4.69) is 5.32 Å². The van der Waals surface area contributed by atoms with Gasteiger partial charge in [-0.25, -0.2) is 4.79 Å². The van der Waals surface area contributed by atoms with E-state index < -0.39 is 29.7 Å². The van der Waals surface area contributed by atoms with Crippen molar-refractivity contribution >= 4 is 35.1 Å². The summed E-state index contributed by atoms with van der Waals surface area (Å²) >= 11 is 5.75. The van der Waals surface area contributed by atoms with Crippen molar-refractivity contribution in [1.82, 2.24) is 0 Å². The first-order valence-corrected chi connectivity index (χ1v) is 6.84. The third kappa shape index (κ3) is 3.33. The minimum Gasteiger partial charge on any atom is -0.481 e. The van der Waals surface area contributed by atoms with Crippen LogP contribution in [-0.4, -0.2) is 28.1 Å². The van der Waals surface area contributed by atoms with Gasteiger partial charge in [0, 0.05) is 5.69 Å². The molecule has 1 aromatic rings. The smallest absolute Gasteiger partial charge is 0.337 e. The molecule has 0 aliphatic heterocycles. The van der Waals surface area contributed by atoms with E-state index in [0.717, 1.165) is 0 Å². The molecule has 0 spiro atoms. The number of hydrogen-bond acceptors (Lipinski definition) is 3. The number of carbonyl (C=O) groups is 3. The predicted octanol–water partition coefficient (Wildman–Crippen LogP) is 2.48. The lowest BCUT2D eigenvalue weighted by Crippen LogP contribution is -2.30. The van der Waals surface area contributed by atoms with E-state index in [9.17, 15) is 14.4 Å². The van der Waals surface area contributed by atoms with Crippen molar-refractivity contribution in [3.8, 4) is 0 Å². The van der Waals surface area contributed by atoms with Gasteiger partial charge in [-0.3, -0.25) is 9.59 Å². The summed E-state index contributed by atoms with van der Waals surface area (Å²) < 4.78 is 0. The number of aromatic carboxylic acids is 1. The SMILES string of the molecule is O=C(O)c1cc(NC(=O)C2CCCC2C(=O)O)ccc1Cl. The van der Waals surface area contributed by atoms with Gasteiger partial charge in [-0.05, 0) is 31.0 Å². The average molecular weight is 312 g/mol. The number of anilines is 1. The second-order valence-electron chi connectivity index (χ2n) is 4.97. The third-order valence-electron chi connectivity index (χ3n) is 3.63. The van der Waals surface area contributed by atoms with Gasteiger partial charge in [-0.15, -0.1) is 0 Å². The van der Waals surface area contributed by atoms with Crippen LogP contribution in [0, 0.1) is 11.8 Å². The van der Waals surface area contributed by atoms with Crippen molar-refractivity contribution in [3.63, 3.8) is 0 Å². The van der Waals surface area contributed by atoms with E-state index in [1.165, 1.54) is 18.2 Å². The highest BCUT2D eigenvalue weighted by Gasteiger charge is 2.37. The fraction of sp³-hybridized carbons (Fsp3) is 0.357. The van der Waals surface area contributed by atoms with E-state index in [0.29, 0.717) is 19.3 Å². The number of benzene rings is 1. The second-order valence-corrected chi connectivity index (χ2v) is 5.38. The van der Waals surface area contributed by atoms with Gasteiger partial charge in [0.2, 0.25) is 5.91 Å². The van der Waals surface area contributed by atoms with Crippen molar-refractivity contribution < 1.29 is 24.6 Å². The molecule has 1 saturated carbocycles. The number of nitrogens with one attached hydrogen (secondary N) is 1. The molecule has 1 aliphatic carbocycles. The van der Waals surface area contributed by atoms with Gasteiger partial charge >= 0.3 is 11.9 Å². The second kappa shape index (κ2) is 6.13. The predicted molar refractivity (Wildman–Crippen MR) is 75.5 cm³/mol.